The topological polar surface area (TPSA) is 158 Å². The molecule has 0 bridgehead atoms. The first kappa shape index (κ1) is 28.3. The SMILES string of the molecule is COC(=O)Cn1c(=NC(=O)c2ccc(S(=O)(=O)N(C)Cc3ccccc3)cc2)sc2cc(S(N)(=O)=O)ccc21. The Morgan fingerprint density at radius 2 is 1.62 bits per heavy atom. The molecule has 1 heterocycles. The number of aromatic nitrogens is 1. The van der Waals surface area contributed by atoms with Gasteiger partial charge in [-0.25, -0.2) is 22.0 Å². The van der Waals surface area contributed by atoms with Crippen molar-refractivity contribution < 1.29 is 31.2 Å². The number of nitrogens with zero attached hydrogens (tertiary/aromatic N) is 3. The normalized spacial score (nSPS) is 12.7. The van der Waals surface area contributed by atoms with Gasteiger partial charge < -0.3 is 9.30 Å². The second-order valence-corrected chi connectivity index (χ2v) is 13.0. The maximum Gasteiger partial charge on any atom is 0.325 e. The van der Waals surface area contributed by atoms with Crippen molar-refractivity contribution in [1.29, 1.82) is 0 Å². The van der Waals surface area contributed by atoms with Crippen LogP contribution in [0.4, 0.5) is 0 Å². The maximum absolute atomic E-state index is 13.0. The molecular weight excluding hydrogens is 564 g/mol. The molecule has 0 spiro atoms. The lowest BCUT2D eigenvalue weighted by Crippen LogP contribution is -2.26. The van der Waals surface area contributed by atoms with E-state index >= 15 is 0 Å². The molecule has 4 aromatic rings. The van der Waals surface area contributed by atoms with Crippen molar-refractivity contribution in [2.75, 3.05) is 14.2 Å². The molecule has 204 valence electrons. The Morgan fingerprint density at radius 3 is 2.23 bits per heavy atom. The molecule has 0 atom stereocenters. The summed E-state index contributed by atoms with van der Waals surface area (Å²) in [5.74, 6) is -1.29. The lowest BCUT2D eigenvalue weighted by Gasteiger charge is -2.17. The molecule has 4 rings (SSSR count). The summed E-state index contributed by atoms with van der Waals surface area (Å²) in [6, 6.07) is 18.6. The van der Waals surface area contributed by atoms with Gasteiger partial charge in [0, 0.05) is 19.2 Å². The van der Waals surface area contributed by atoms with Crippen molar-refractivity contribution in [3.63, 3.8) is 0 Å². The second kappa shape index (κ2) is 11.2. The lowest BCUT2D eigenvalue weighted by atomic mass is 10.2. The fraction of sp³-hybridized carbons (Fsp3) is 0.160. The quantitative estimate of drug-likeness (QED) is 0.309. The molecule has 39 heavy (non-hydrogen) atoms. The molecule has 0 radical (unpaired) electrons. The van der Waals surface area contributed by atoms with Crippen LogP contribution in [0.15, 0.2) is 87.6 Å². The third-order valence-corrected chi connectivity index (χ3v) is 9.52. The predicted molar refractivity (Wildman–Crippen MR) is 145 cm³/mol. The van der Waals surface area contributed by atoms with E-state index in [0.717, 1.165) is 16.9 Å². The van der Waals surface area contributed by atoms with Gasteiger partial charge in [0.2, 0.25) is 20.0 Å². The van der Waals surface area contributed by atoms with Crippen molar-refractivity contribution in [2.24, 2.45) is 10.1 Å². The minimum Gasteiger partial charge on any atom is -0.468 e. The van der Waals surface area contributed by atoms with Crippen LogP contribution in [0.3, 0.4) is 0 Å². The molecule has 0 fully saturated rings. The van der Waals surface area contributed by atoms with Gasteiger partial charge in [0.25, 0.3) is 5.91 Å². The minimum atomic E-state index is -3.98. The average molecular weight is 589 g/mol. The first-order chi connectivity index (χ1) is 18.4. The number of benzene rings is 3. The summed E-state index contributed by atoms with van der Waals surface area (Å²) in [5, 5.41) is 5.22. The summed E-state index contributed by atoms with van der Waals surface area (Å²) in [7, 11) is -5.11. The van der Waals surface area contributed by atoms with Gasteiger partial charge in [-0.2, -0.15) is 9.30 Å². The standard InChI is InChI=1S/C25H24N4O7S3/c1-28(15-17-6-4-3-5-7-17)39(34,35)19-10-8-18(9-11-19)24(31)27-25-29(16-23(30)36-2)21-13-12-20(38(26,32)33)14-22(21)37-25/h3-14H,15-16H2,1-2H3,(H2,26,32,33). The summed E-state index contributed by atoms with van der Waals surface area (Å²) >= 11 is 0.987. The number of hydrogen-bond acceptors (Lipinski definition) is 8. The lowest BCUT2D eigenvalue weighted by molar-refractivity contribution is -0.141. The third-order valence-electron chi connectivity index (χ3n) is 5.75. The number of rotatable bonds is 8. The van der Waals surface area contributed by atoms with E-state index in [9.17, 15) is 26.4 Å². The van der Waals surface area contributed by atoms with Gasteiger partial charge in [-0.15, -0.1) is 0 Å². The van der Waals surface area contributed by atoms with Crippen molar-refractivity contribution in [3.8, 4) is 0 Å². The zero-order chi connectivity index (χ0) is 28.4. The summed E-state index contributed by atoms with van der Waals surface area (Å²) in [6.45, 7) is -0.0965. The molecule has 2 N–H and O–H groups in total. The van der Waals surface area contributed by atoms with Crippen LogP contribution in [0.5, 0.6) is 0 Å². The van der Waals surface area contributed by atoms with Crippen LogP contribution in [0.1, 0.15) is 15.9 Å². The predicted octanol–water partition coefficient (Wildman–Crippen LogP) is 2.08. The number of thiazole rings is 1. The van der Waals surface area contributed by atoms with Crippen LogP contribution in [0.25, 0.3) is 10.2 Å². The molecule has 14 heteroatoms. The van der Waals surface area contributed by atoms with E-state index < -0.39 is 31.9 Å². The van der Waals surface area contributed by atoms with Crippen molar-refractivity contribution in [2.45, 2.75) is 22.9 Å². The van der Waals surface area contributed by atoms with Gasteiger partial charge in [-0.3, -0.25) is 9.59 Å². The Kier molecular flexibility index (Phi) is 8.13. The molecule has 1 aromatic heterocycles. The van der Waals surface area contributed by atoms with Gasteiger partial charge in [-0.05, 0) is 48.0 Å². The first-order valence-electron chi connectivity index (χ1n) is 11.3. The number of nitrogens with two attached hydrogens (primary N) is 1. The van der Waals surface area contributed by atoms with Gasteiger partial charge in [0.1, 0.15) is 6.54 Å². The molecule has 0 unspecified atom stereocenters. The Morgan fingerprint density at radius 1 is 0.974 bits per heavy atom. The number of amides is 1. The molecule has 3 aromatic carbocycles. The molecule has 0 saturated carbocycles. The van der Waals surface area contributed by atoms with Crippen LogP contribution in [0.2, 0.25) is 0 Å². The second-order valence-electron chi connectivity index (χ2n) is 8.41. The first-order valence-corrected chi connectivity index (χ1v) is 15.1. The maximum atomic E-state index is 13.0. The summed E-state index contributed by atoms with van der Waals surface area (Å²) < 4.78 is 57.3. The van der Waals surface area contributed by atoms with E-state index in [-0.39, 0.29) is 33.2 Å². The van der Waals surface area contributed by atoms with Crippen LogP contribution >= 0.6 is 11.3 Å². The van der Waals surface area contributed by atoms with E-state index in [1.54, 1.807) is 0 Å². The highest BCUT2D eigenvalue weighted by Gasteiger charge is 2.22. The van der Waals surface area contributed by atoms with E-state index in [1.165, 1.54) is 65.5 Å². The summed E-state index contributed by atoms with van der Waals surface area (Å²) in [5.41, 5.74) is 1.40. The highest BCUT2D eigenvalue weighted by molar-refractivity contribution is 7.89. The Hall–Kier alpha value is -3.69. The number of esters is 1. The number of ether oxygens (including phenoxy) is 1. The molecule has 0 aliphatic carbocycles. The fourth-order valence-corrected chi connectivity index (χ4v) is 6.53. The van der Waals surface area contributed by atoms with Gasteiger partial charge >= 0.3 is 5.97 Å². The molecule has 0 aliphatic rings. The Balaban J connectivity index is 1.66. The zero-order valence-electron chi connectivity index (χ0n) is 20.8. The fourth-order valence-electron chi connectivity index (χ4n) is 3.69. The summed E-state index contributed by atoms with van der Waals surface area (Å²) in [6.07, 6.45) is 0. The Labute approximate surface area is 228 Å². The number of fused-ring (bicyclic) bond motifs is 1. The van der Waals surface area contributed by atoms with Crippen molar-refractivity contribution in [3.05, 3.63) is 88.7 Å². The van der Waals surface area contributed by atoms with E-state index in [4.69, 9.17) is 9.88 Å². The van der Waals surface area contributed by atoms with E-state index in [0.29, 0.717) is 10.2 Å². The van der Waals surface area contributed by atoms with Crippen molar-refractivity contribution in [1.82, 2.24) is 8.87 Å². The summed E-state index contributed by atoms with van der Waals surface area (Å²) in [4.78, 5) is 29.1. The number of sulfonamides is 2. The van der Waals surface area contributed by atoms with Gasteiger partial charge in [0.15, 0.2) is 4.80 Å². The molecule has 0 saturated heterocycles. The number of hydrogen-bond donors (Lipinski definition) is 1. The zero-order valence-corrected chi connectivity index (χ0v) is 23.3. The molecule has 0 aliphatic heterocycles. The molecular formula is C25H24N4O7S3. The number of methoxy groups -OCH3 is 1. The van der Waals surface area contributed by atoms with Crippen LogP contribution in [0, 0.1) is 0 Å². The van der Waals surface area contributed by atoms with E-state index in [2.05, 4.69) is 4.99 Å². The molecule has 11 nitrogen and oxygen atoms in total. The Bertz CT molecular complexity index is 1830. The monoisotopic (exact) mass is 588 g/mol. The minimum absolute atomic E-state index is 0.00983. The van der Waals surface area contributed by atoms with Gasteiger partial charge in [-0.1, -0.05) is 41.7 Å². The third kappa shape index (κ3) is 6.32. The van der Waals surface area contributed by atoms with Gasteiger partial charge in [0.05, 0.1) is 27.1 Å². The van der Waals surface area contributed by atoms with Crippen molar-refractivity contribution >= 4 is 53.5 Å². The number of carbonyl (C=O) groups is 2. The van der Waals surface area contributed by atoms with Crippen LogP contribution in [-0.4, -0.2) is 51.7 Å². The molecule has 1 amide bonds. The largest absolute Gasteiger partial charge is 0.468 e. The highest BCUT2D eigenvalue weighted by Crippen LogP contribution is 2.22. The highest BCUT2D eigenvalue weighted by atomic mass is 32.2. The van der Waals surface area contributed by atoms with E-state index in [1.807, 2.05) is 30.3 Å². The smallest absolute Gasteiger partial charge is 0.325 e. The van der Waals surface area contributed by atoms with Crippen LogP contribution in [-0.2, 0) is 42.7 Å². The number of primary sulfonamides is 1. The average Bonchev–Trinajstić information content (AvgIpc) is 3.24. The van der Waals surface area contributed by atoms with Crippen LogP contribution < -0.4 is 9.94 Å². The number of carbonyl (C=O) groups excluding carboxylic acids is 2.